The van der Waals surface area contributed by atoms with Crippen molar-refractivity contribution in [2.75, 3.05) is 5.75 Å². The number of aryl methyl sites for hydroxylation is 1. The number of carbonyl (C=O) groups excluding carboxylic acids is 2. The predicted molar refractivity (Wildman–Crippen MR) is 112 cm³/mol. The summed E-state index contributed by atoms with van der Waals surface area (Å²) in [6, 6.07) is 13.3. The second-order valence-electron chi connectivity index (χ2n) is 7.09. The number of halogens is 1. The topological polar surface area (TPSA) is 49.4 Å². The third-order valence-electron chi connectivity index (χ3n) is 4.25. The van der Waals surface area contributed by atoms with Gasteiger partial charge in [0.1, 0.15) is 11.9 Å². The van der Waals surface area contributed by atoms with Gasteiger partial charge < -0.3 is 10.2 Å². The van der Waals surface area contributed by atoms with Crippen LogP contribution in [0.1, 0.15) is 31.9 Å². The highest BCUT2D eigenvalue weighted by Crippen LogP contribution is 2.20. The second kappa shape index (κ2) is 10.3. The summed E-state index contributed by atoms with van der Waals surface area (Å²) in [5.41, 5.74) is 1.94. The highest BCUT2D eigenvalue weighted by atomic mass is 32.2. The quantitative estimate of drug-likeness (QED) is 0.675. The van der Waals surface area contributed by atoms with Crippen molar-refractivity contribution < 1.29 is 14.0 Å². The van der Waals surface area contributed by atoms with Gasteiger partial charge in [-0.15, -0.1) is 11.8 Å². The lowest BCUT2D eigenvalue weighted by molar-refractivity contribution is -0.138. The molecule has 0 saturated carbocycles. The van der Waals surface area contributed by atoms with Crippen LogP contribution >= 0.6 is 11.8 Å². The number of rotatable bonds is 8. The third-order valence-corrected chi connectivity index (χ3v) is 5.24. The Labute approximate surface area is 170 Å². The summed E-state index contributed by atoms with van der Waals surface area (Å²) < 4.78 is 13.2. The molecule has 0 spiro atoms. The van der Waals surface area contributed by atoms with Crippen molar-refractivity contribution in [3.05, 3.63) is 65.5 Å². The fourth-order valence-corrected chi connectivity index (χ4v) is 3.42. The van der Waals surface area contributed by atoms with Crippen LogP contribution in [-0.2, 0) is 16.1 Å². The minimum Gasteiger partial charge on any atom is -0.352 e. The zero-order chi connectivity index (χ0) is 20.7. The summed E-state index contributed by atoms with van der Waals surface area (Å²) in [4.78, 5) is 28.0. The molecule has 1 N–H and O–H groups in total. The number of nitrogens with zero attached hydrogens (tertiary/aromatic N) is 1. The minimum atomic E-state index is -0.626. The maximum Gasteiger partial charge on any atom is 0.242 e. The van der Waals surface area contributed by atoms with Gasteiger partial charge in [0, 0.05) is 17.5 Å². The molecule has 0 saturated heterocycles. The Morgan fingerprint density at radius 1 is 1.04 bits per heavy atom. The van der Waals surface area contributed by atoms with Crippen LogP contribution in [0.15, 0.2) is 53.4 Å². The second-order valence-corrected chi connectivity index (χ2v) is 8.14. The molecule has 2 amide bonds. The first-order chi connectivity index (χ1) is 13.3. The number of hydrogen-bond donors (Lipinski definition) is 1. The fraction of sp³-hybridized carbons (Fsp3) is 0.364. The van der Waals surface area contributed by atoms with E-state index in [0.29, 0.717) is 0 Å². The number of carbonyl (C=O) groups is 2. The van der Waals surface area contributed by atoms with Crippen molar-refractivity contribution in [3.8, 4) is 0 Å². The van der Waals surface area contributed by atoms with Crippen molar-refractivity contribution in [2.24, 2.45) is 0 Å². The molecule has 0 radical (unpaired) electrons. The van der Waals surface area contributed by atoms with Gasteiger partial charge in [0.15, 0.2) is 0 Å². The number of thioether (sulfide) groups is 1. The van der Waals surface area contributed by atoms with Gasteiger partial charge in [-0.25, -0.2) is 4.39 Å². The molecule has 2 rings (SSSR count). The zero-order valence-electron chi connectivity index (χ0n) is 16.7. The minimum absolute atomic E-state index is 0.0142. The molecule has 2 aromatic rings. The molecular weight excluding hydrogens is 375 g/mol. The molecule has 1 atom stereocenters. The van der Waals surface area contributed by atoms with Crippen LogP contribution in [0.3, 0.4) is 0 Å². The van der Waals surface area contributed by atoms with Gasteiger partial charge in [-0.2, -0.15) is 0 Å². The highest BCUT2D eigenvalue weighted by Gasteiger charge is 2.26. The molecule has 6 heteroatoms. The maximum atomic E-state index is 13.2. The summed E-state index contributed by atoms with van der Waals surface area (Å²) in [5.74, 6) is -0.446. The van der Waals surface area contributed by atoms with Crippen LogP contribution in [-0.4, -0.2) is 34.6 Å². The SMILES string of the molecule is Cc1ccc(SCC(=O)N(Cc2ccc(F)cc2)C(C)C(=O)NC(C)C)cc1. The van der Waals surface area contributed by atoms with Crippen LogP contribution in [0.5, 0.6) is 0 Å². The molecule has 0 aromatic heterocycles. The van der Waals surface area contributed by atoms with Crippen LogP contribution < -0.4 is 5.32 Å². The van der Waals surface area contributed by atoms with Gasteiger partial charge in [0.2, 0.25) is 11.8 Å². The molecule has 1 unspecified atom stereocenters. The molecule has 0 fully saturated rings. The van der Waals surface area contributed by atoms with Crippen LogP contribution in [0.4, 0.5) is 4.39 Å². The van der Waals surface area contributed by atoms with E-state index in [-0.39, 0.29) is 36.0 Å². The Kier molecular flexibility index (Phi) is 8.05. The zero-order valence-corrected chi connectivity index (χ0v) is 17.6. The Morgan fingerprint density at radius 2 is 1.64 bits per heavy atom. The van der Waals surface area contributed by atoms with Gasteiger partial charge >= 0.3 is 0 Å². The van der Waals surface area contributed by atoms with E-state index in [1.807, 2.05) is 45.0 Å². The summed E-state index contributed by atoms with van der Waals surface area (Å²) in [7, 11) is 0. The van der Waals surface area contributed by atoms with E-state index in [2.05, 4.69) is 5.32 Å². The molecule has 150 valence electrons. The highest BCUT2D eigenvalue weighted by molar-refractivity contribution is 8.00. The van der Waals surface area contributed by atoms with Gasteiger partial charge in [-0.1, -0.05) is 29.8 Å². The number of benzene rings is 2. The van der Waals surface area contributed by atoms with Gasteiger partial charge in [0.25, 0.3) is 0 Å². The molecule has 0 bridgehead atoms. The van der Waals surface area contributed by atoms with Crippen molar-refractivity contribution in [2.45, 2.75) is 51.2 Å². The predicted octanol–water partition coefficient (Wildman–Crippen LogP) is 4.17. The normalized spacial score (nSPS) is 11.9. The monoisotopic (exact) mass is 402 g/mol. The molecule has 0 heterocycles. The fourth-order valence-electron chi connectivity index (χ4n) is 2.64. The molecular formula is C22H27FN2O2S. The Hall–Kier alpha value is -2.34. The largest absolute Gasteiger partial charge is 0.352 e. The summed E-state index contributed by atoms with van der Waals surface area (Å²) in [6.07, 6.45) is 0. The lowest BCUT2D eigenvalue weighted by Gasteiger charge is -2.29. The summed E-state index contributed by atoms with van der Waals surface area (Å²) in [5, 5.41) is 2.85. The van der Waals surface area contributed by atoms with E-state index >= 15 is 0 Å². The van der Waals surface area contributed by atoms with Crippen LogP contribution in [0.25, 0.3) is 0 Å². The Morgan fingerprint density at radius 3 is 2.21 bits per heavy atom. The molecule has 2 aromatic carbocycles. The van der Waals surface area contributed by atoms with Crippen LogP contribution in [0.2, 0.25) is 0 Å². The number of nitrogens with one attached hydrogen (secondary N) is 1. The lowest BCUT2D eigenvalue weighted by Crippen LogP contribution is -2.49. The average Bonchev–Trinajstić information content (AvgIpc) is 2.65. The first-order valence-electron chi connectivity index (χ1n) is 9.30. The first kappa shape index (κ1) is 22.0. The number of hydrogen-bond acceptors (Lipinski definition) is 3. The smallest absolute Gasteiger partial charge is 0.242 e. The van der Waals surface area contributed by atoms with Crippen molar-refractivity contribution in [3.63, 3.8) is 0 Å². The van der Waals surface area contributed by atoms with Gasteiger partial charge in [-0.3, -0.25) is 9.59 Å². The van der Waals surface area contributed by atoms with E-state index in [4.69, 9.17) is 0 Å². The van der Waals surface area contributed by atoms with Crippen molar-refractivity contribution >= 4 is 23.6 Å². The third kappa shape index (κ3) is 6.68. The molecule has 0 aliphatic heterocycles. The van der Waals surface area contributed by atoms with Crippen molar-refractivity contribution in [1.82, 2.24) is 10.2 Å². The average molecular weight is 403 g/mol. The van der Waals surface area contributed by atoms with E-state index in [0.717, 1.165) is 16.0 Å². The van der Waals surface area contributed by atoms with E-state index in [9.17, 15) is 14.0 Å². The molecule has 4 nitrogen and oxygen atoms in total. The Bertz CT molecular complexity index is 791. The lowest BCUT2D eigenvalue weighted by atomic mass is 10.1. The standard InChI is InChI=1S/C22H27FN2O2S/c1-15(2)24-22(27)17(4)25(13-18-7-9-19(23)10-8-18)21(26)14-28-20-11-5-16(3)6-12-20/h5-12,15,17H,13-14H2,1-4H3,(H,24,27). The molecule has 0 aliphatic rings. The van der Waals surface area contributed by atoms with E-state index < -0.39 is 6.04 Å². The maximum absolute atomic E-state index is 13.2. The number of amides is 2. The van der Waals surface area contributed by atoms with Gasteiger partial charge in [0.05, 0.1) is 5.75 Å². The van der Waals surface area contributed by atoms with E-state index in [1.54, 1.807) is 24.0 Å². The van der Waals surface area contributed by atoms with Crippen LogP contribution in [0, 0.1) is 12.7 Å². The summed E-state index contributed by atoms with van der Waals surface area (Å²) in [6.45, 7) is 7.74. The molecule has 28 heavy (non-hydrogen) atoms. The first-order valence-corrected chi connectivity index (χ1v) is 10.3. The van der Waals surface area contributed by atoms with Gasteiger partial charge in [-0.05, 0) is 57.5 Å². The molecule has 0 aliphatic carbocycles. The Balaban J connectivity index is 2.12. The van der Waals surface area contributed by atoms with Crippen molar-refractivity contribution in [1.29, 1.82) is 0 Å². The van der Waals surface area contributed by atoms with E-state index in [1.165, 1.54) is 23.9 Å². The summed E-state index contributed by atoms with van der Waals surface area (Å²) >= 11 is 1.44.